The van der Waals surface area contributed by atoms with Crippen molar-refractivity contribution in [3.8, 4) is 0 Å². The Labute approximate surface area is 173 Å². The minimum Gasteiger partial charge on any atom is -0.370 e. The number of anilines is 1. The van der Waals surface area contributed by atoms with Gasteiger partial charge in [-0.3, -0.25) is 18.9 Å². The van der Waals surface area contributed by atoms with E-state index in [0.717, 1.165) is 24.7 Å². The van der Waals surface area contributed by atoms with E-state index in [-0.39, 0.29) is 18.0 Å². The van der Waals surface area contributed by atoms with E-state index in [4.69, 9.17) is 11.6 Å². The lowest BCUT2D eigenvalue weighted by Crippen LogP contribution is -2.49. The van der Waals surface area contributed by atoms with E-state index < -0.39 is 0 Å². The second kappa shape index (κ2) is 8.63. The number of rotatable bonds is 5. The molecule has 0 spiro atoms. The molecule has 0 atom stereocenters. The Balaban J connectivity index is 1.29. The average molecular weight is 412 g/mol. The van der Waals surface area contributed by atoms with Crippen LogP contribution in [0.1, 0.15) is 5.56 Å². The molecule has 0 bridgehead atoms. The van der Waals surface area contributed by atoms with Gasteiger partial charge in [-0.15, -0.1) is 0 Å². The van der Waals surface area contributed by atoms with Crippen molar-refractivity contribution in [3.63, 3.8) is 0 Å². The number of aromatic nitrogens is 2. The van der Waals surface area contributed by atoms with Gasteiger partial charge < -0.3 is 10.2 Å². The Morgan fingerprint density at radius 2 is 1.83 bits per heavy atom. The van der Waals surface area contributed by atoms with Crippen LogP contribution in [0.2, 0.25) is 5.02 Å². The summed E-state index contributed by atoms with van der Waals surface area (Å²) >= 11 is 5.93. The molecule has 0 radical (unpaired) electrons. The Morgan fingerprint density at radius 3 is 2.59 bits per heavy atom. The summed E-state index contributed by atoms with van der Waals surface area (Å²) in [6.45, 7) is 3.89. The Kier molecular flexibility index (Phi) is 5.78. The van der Waals surface area contributed by atoms with Gasteiger partial charge in [0.15, 0.2) is 0 Å². The lowest BCUT2D eigenvalue weighted by Gasteiger charge is -2.34. The molecule has 8 heteroatoms. The number of nitrogens with zero attached hydrogens (tertiary/aromatic N) is 4. The molecule has 1 aliphatic heterocycles. The van der Waals surface area contributed by atoms with Gasteiger partial charge in [0.2, 0.25) is 5.91 Å². The normalized spacial score (nSPS) is 14.9. The van der Waals surface area contributed by atoms with Crippen molar-refractivity contribution in [1.29, 1.82) is 0 Å². The maximum atomic E-state index is 12.5. The number of pyridine rings is 1. The third-order valence-corrected chi connectivity index (χ3v) is 5.34. The maximum Gasteiger partial charge on any atom is 0.281 e. The zero-order chi connectivity index (χ0) is 20.2. The quantitative estimate of drug-likeness (QED) is 0.696. The molecule has 2 aromatic heterocycles. The average Bonchev–Trinajstić information content (AvgIpc) is 2.75. The molecular weight excluding hydrogens is 390 g/mol. The van der Waals surface area contributed by atoms with Gasteiger partial charge in [0, 0.05) is 43.9 Å². The molecule has 1 fully saturated rings. The van der Waals surface area contributed by atoms with Crippen LogP contribution in [-0.2, 0) is 11.3 Å². The highest BCUT2D eigenvalue weighted by atomic mass is 35.5. The topological polar surface area (TPSA) is 70.0 Å². The number of hydrogen-bond acceptors (Lipinski definition) is 5. The first-order valence-corrected chi connectivity index (χ1v) is 9.93. The van der Waals surface area contributed by atoms with Crippen molar-refractivity contribution in [2.24, 2.45) is 0 Å². The molecule has 150 valence electrons. The van der Waals surface area contributed by atoms with Gasteiger partial charge >= 0.3 is 0 Å². The maximum absolute atomic E-state index is 12.5. The minimum absolute atomic E-state index is 0.0197. The predicted octanol–water partition coefficient (Wildman–Crippen LogP) is 2.10. The number of carbonyl (C=O) groups is 1. The summed E-state index contributed by atoms with van der Waals surface area (Å²) in [7, 11) is 0. The van der Waals surface area contributed by atoms with Crippen molar-refractivity contribution < 1.29 is 4.79 Å². The smallest absolute Gasteiger partial charge is 0.281 e. The fraction of sp³-hybridized carbons (Fsp3) is 0.286. The highest BCUT2D eigenvalue weighted by molar-refractivity contribution is 6.30. The Hall–Kier alpha value is -2.90. The molecule has 1 amide bonds. The Bertz CT molecular complexity index is 1060. The van der Waals surface area contributed by atoms with Crippen LogP contribution in [0.25, 0.3) is 5.65 Å². The standard InChI is InChI=1S/C21H22ClN5O2/c22-17-6-4-16(5-7-17)15-25-9-11-26(12-10-25)20(28)14-23-18-13-24-19-3-1-2-8-27(19)21(18)29/h1-8,13,23H,9-12,14-15H2. The van der Waals surface area contributed by atoms with E-state index in [1.807, 2.05) is 35.2 Å². The summed E-state index contributed by atoms with van der Waals surface area (Å²) < 4.78 is 1.46. The van der Waals surface area contributed by atoms with Gasteiger partial charge in [-0.2, -0.15) is 0 Å². The lowest BCUT2D eigenvalue weighted by atomic mass is 10.2. The molecule has 1 aromatic carbocycles. The molecule has 4 rings (SSSR count). The number of carbonyl (C=O) groups excluding carboxylic acids is 1. The van der Waals surface area contributed by atoms with E-state index in [9.17, 15) is 9.59 Å². The number of piperazine rings is 1. The number of amides is 1. The molecule has 3 aromatic rings. The molecule has 0 unspecified atom stereocenters. The molecule has 3 heterocycles. The number of halogens is 1. The highest BCUT2D eigenvalue weighted by Crippen LogP contribution is 2.13. The van der Waals surface area contributed by atoms with Crippen LogP contribution in [-0.4, -0.2) is 57.8 Å². The van der Waals surface area contributed by atoms with Gasteiger partial charge in [0.25, 0.3) is 5.56 Å². The third kappa shape index (κ3) is 4.58. The second-order valence-corrected chi connectivity index (χ2v) is 7.48. The van der Waals surface area contributed by atoms with Gasteiger partial charge in [-0.05, 0) is 29.8 Å². The van der Waals surface area contributed by atoms with E-state index >= 15 is 0 Å². The molecule has 1 N–H and O–H groups in total. The van der Waals surface area contributed by atoms with Crippen molar-refractivity contribution >= 4 is 28.8 Å². The van der Waals surface area contributed by atoms with Crippen molar-refractivity contribution in [2.75, 3.05) is 38.0 Å². The summed E-state index contributed by atoms with van der Waals surface area (Å²) in [6, 6.07) is 13.2. The number of fused-ring (bicyclic) bond motifs is 1. The van der Waals surface area contributed by atoms with Crippen LogP contribution in [0.15, 0.2) is 59.7 Å². The lowest BCUT2D eigenvalue weighted by molar-refractivity contribution is -0.131. The van der Waals surface area contributed by atoms with E-state index in [1.165, 1.54) is 16.2 Å². The fourth-order valence-corrected chi connectivity index (χ4v) is 3.56. The second-order valence-electron chi connectivity index (χ2n) is 7.04. The number of benzene rings is 1. The summed E-state index contributed by atoms with van der Waals surface area (Å²) in [5.41, 5.74) is 1.89. The molecule has 7 nitrogen and oxygen atoms in total. The highest BCUT2D eigenvalue weighted by Gasteiger charge is 2.21. The summed E-state index contributed by atoms with van der Waals surface area (Å²) in [5, 5.41) is 3.68. The van der Waals surface area contributed by atoms with E-state index in [1.54, 1.807) is 18.3 Å². The summed E-state index contributed by atoms with van der Waals surface area (Å²) in [6.07, 6.45) is 3.15. The molecule has 1 aliphatic rings. The molecule has 0 saturated carbocycles. The third-order valence-electron chi connectivity index (χ3n) is 5.09. The predicted molar refractivity (Wildman–Crippen MR) is 113 cm³/mol. The minimum atomic E-state index is -0.212. The molecule has 1 saturated heterocycles. The van der Waals surface area contributed by atoms with Crippen molar-refractivity contribution in [3.05, 3.63) is 75.8 Å². The fourth-order valence-electron chi connectivity index (χ4n) is 3.43. The van der Waals surface area contributed by atoms with Gasteiger partial charge in [-0.25, -0.2) is 4.98 Å². The van der Waals surface area contributed by atoms with Crippen LogP contribution >= 0.6 is 11.6 Å². The largest absolute Gasteiger partial charge is 0.370 e. The number of hydrogen-bond donors (Lipinski definition) is 1. The summed E-state index contributed by atoms with van der Waals surface area (Å²) in [4.78, 5) is 33.4. The van der Waals surface area contributed by atoms with Gasteiger partial charge in [0.05, 0.1) is 12.7 Å². The van der Waals surface area contributed by atoms with Crippen molar-refractivity contribution in [2.45, 2.75) is 6.54 Å². The van der Waals surface area contributed by atoms with Crippen LogP contribution in [0.4, 0.5) is 5.69 Å². The first-order valence-electron chi connectivity index (χ1n) is 9.55. The SMILES string of the molecule is O=C(CNc1cnc2ccccn2c1=O)N1CCN(Cc2ccc(Cl)cc2)CC1. The van der Waals surface area contributed by atoms with Crippen LogP contribution in [0.5, 0.6) is 0 Å². The molecule has 0 aliphatic carbocycles. The zero-order valence-electron chi connectivity index (χ0n) is 15.9. The molecular formula is C21H22ClN5O2. The summed E-state index contributed by atoms with van der Waals surface area (Å²) in [5.74, 6) is -0.0197. The van der Waals surface area contributed by atoms with E-state index in [0.29, 0.717) is 24.4 Å². The van der Waals surface area contributed by atoms with Crippen LogP contribution < -0.4 is 10.9 Å². The van der Waals surface area contributed by atoms with Crippen LogP contribution in [0, 0.1) is 0 Å². The number of nitrogens with one attached hydrogen (secondary N) is 1. The first kappa shape index (κ1) is 19.4. The van der Waals surface area contributed by atoms with Crippen molar-refractivity contribution in [1.82, 2.24) is 19.2 Å². The van der Waals surface area contributed by atoms with Gasteiger partial charge in [0.1, 0.15) is 11.3 Å². The Morgan fingerprint density at radius 1 is 1.07 bits per heavy atom. The van der Waals surface area contributed by atoms with Crippen LogP contribution in [0.3, 0.4) is 0 Å². The zero-order valence-corrected chi connectivity index (χ0v) is 16.7. The first-order chi connectivity index (χ1) is 14.1. The monoisotopic (exact) mass is 411 g/mol. The van der Waals surface area contributed by atoms with E-state index in [2.05, 4.69) is 15.2 Å². The van der Waals surface area contributed by atoms with Gasteiger partial charge in [-0.1, -0.05) is 29.8 Å². The molecule has 29 heavy (non-hydrogen) atoms.